The van der Waals surface area contributed by atoms with Gasteiger partial charge < -0.3 is 0 Å². The fourth-order valence-electron chi connectivity index (χ4n) is 7.18. The Bertz CT molecular complexity index is 606. The average molecular weight is 410 g/mol. The van der Waals surface area contributed by atoms with Crippen molar-refractivity contribution in [3.63, 3.8) is 0 Å². The van der Waals surface area contributed by atoms with Crippen LogP contribution in [-0.4, -0.2) is 0 Å². The summed E-state index contributed by atoms with van der Waals surface area (Å²) in [6.45, 7) is 9.64. The minimum atomic E-state index is 0.366. The summed E-state index contributed by atoms with van der Waals surface area (Å²) in [7, 11) is 0. The van der Waals surface area contributed by atoms with Crippen molar-refractivity contribution in [2.45, 2.75) is 124 Å². The highest BCUT2D eigenvalue weighted by molar-refractivity contribution is 5.38. The predicted molar refractivity (Wildman–Crippen MR) is 133 cm³/mol. The molecule has 0 aromatic carbocycles. The molecule has 0 nitrogen and oxygen atoms in total. The maximum Gasteiger partial charge on any atom is 0.00116 e. The molecule has 3 atom stereocenters. The van der Waals surface area contributed by atoms with E-state index in [9.17, 15) is 0 Å². The van der Waals surface area contributed by atoms with Gasteiger partial charge in [-0.3, -0.25) is 0 Å². The van der Waals surface area contributed by atoms with E-state index in [0.717, 1.165) is 5.92 Å². The molecule has 30 heavy (non-hydrogen) atoms. The van der Waals surface area contributed by atoms with Gasteiger partial charge in [0.2, 0.25) is 0 Å². The quantitative estimate of drug-likeness (QED) is 0.315. The molecule has 0 saturated heterocycles. The van der Waals surface area contributed by atoms with E-state index in [1.807, 2.05) is 11.5 Å². The second-order valence-corrected chi connectivity index (χ2v) is 11.0. The third-order valence-corrected chi connectivity index (χ3v) is 8.31. The van der Waals surface area contributed by atoms with E-state index in [2.05, 4.69) is 58.1 Å². The molecule has 0 N–H and O–H groups in total. The fraction of sp³-hybridized carbons (Fsp3) is 0.767. The molecule has 3 rings (SSSR count). The first-order valence-corrected chi connectivity index (χ1v) is 13.5. The normalized spacial score (nSPS) is 32.6. The van der Waals surface area contributed by atoms with Crippen LogP contribution in [-0.2, 0) is 0 Å². The molecule has 0 heteroatoms. The Kier molecular flexibility index (Phi) is 8.91. The first-order chi connectivity index (χ1) is 14.6. The lowest BCUT2D eigenvalue weighted by Crippen LogP contribution is -2.46. The minimum Gasteiger partial charge on any atom is -0.0882 e. The molecule has 0 amide bonds. The largest absolute Gasteiger partial charge is 0.0882 e. The van der Waals surface area contributed by atoms with E-state index >= 15 is 0 Å². The van der Waals surface area contributed by atoms with Gasteiger partial charge in [-0.05, 0) is 93.3 Å². The van der Waals surface area contributed by atoms with Crippen molar-refractivity contribution >= 4 is 0 Å². The molecule has 0 aliphatic heterocycles. The summed E-state index contributed by atoms with van der Waals surface area (Å²) in [6.07, 6.45) is 33.5. The van der Waals surface area contributed by atoms with Gasteiger partial charge in [-0.15, -0.1) is 0 Å². The van der Waals surface area contributed by atoms with Gasteiger partial charge in [-0.1, -0.05) is 89.3 Å². The molecule has 169 valence electrons. The summed E-state index contributed by atoms with van der Waals surface area (Å²) in [5.74, 6) is 3.29. The molecule has 0 aromatic heterocycles. The van der Waals surface area contributed by atoms with Gasteiger partial charge in [-0.2, -0.15) is 0 Å². The Hall–Kier alpha value is -0.780. The SMILES string of the molecule is CCCC[C]1CCCC=C1C1(CCCC)CCC=CC1C1(CC(C)C)C=CCCC1. The standard InChI is InChI=1S/C30H49/c1-5-7-16-26-17-10-11-18-27(26)30(22-8-6-2)23-15-12-19-28(30)29(24-25(3)4)20-13-9-14-21-29/h12-13,18-20,25,28H,5-11,14-17,21-24H2,1-4H3. The third-order valence-electron chi connectivity index (χ3n) is 8.31. The molecule has 1 radical (unpaired) electrons. The van der Waals surface area contributed by atoms with Gasteiger partial charge in [0, 0.05) is 5.92 Å². The van der Waals surface area contributed by atoms with E-state index in [4.69, 9.17) is 0 Å². The van der Waals surface area contributed by atoms with Crippen molar-refractivity contribution in [3.05, 3.63) is 41.9 Å². The number of hydrogen-bond donors (Lipinski definition) is 0. The second kappa shape index (κ2) is 11.2. The van der Waals surface area contributed by atoms with Crippen LogP contribution in [0.3, 0.4) is 0 Å². The van der Waals surface area contributed by atoms with Crippen molar-refractivity contribution in [2.75, 3.05) is 0 Å². The van der Waals surface area contributed by atoms with Crippen LogP contribution >= 0.6 is 0 Å². The molecule has 0 fully saturated rings. The molecule has 0 spiro atoms. The summed E-state index contributed by atoms with van der Waals surface area (Å²) in [5.41, 5.74) is 2.59. The summed E-state index contributed by atoms with van der Waals surface area (Å²) < 4.78 is 0. The van der Waals surface area contributed by atoms with Gasteiger partial charge in [0.25, 0.3) is 0 Å². The van der Waals surface area contributed by atoms with Gasteiger partial charge >= 0.3 is 0 Å². The van der Waals surface area contributed by atoms with E-state index in [1.54, 1.807) is 0 Å². The van der Waals surface area contributed by atoms with E-state index < -0.39 is 0 Å². The van der Waals surface area contributed by atoms with E-state index in [1.165, 1.54) is 96.3 Å². The fourth-order valence-corrected chi connectivity index (χ4v) is 7.18. The van der Waals surface area contributed by atoms with Gasteiger partial charge in [-0.25, -0.2) is 0 Å². The first-order valence-electron chi connectivity index (χ1n) is 13.5. The zero-order chi connectivity index (χ0) is 21.5. The second-order valence-electron chi connectivity index (χ2n) is 11.0. The minimum absolute atomic E-state index is 0.366. The lowest BCUT2D eigenvalue weighted by molar-refractivity contribution is 0.0637. The topological polar surface area (TPSA) is 0 Å². The number of unbranched alkanes of at least 4 members (excludes halogenated alkanes) is 2. The molecule has 0 aromatic rings. The number of rotatable bonds is 10. The lowest BCUT2D eigenvalue weighted by atomic mass is 9.49. The zero-order valence-corrected chi connectivity index (χ0v) is 20.6. The summed E-state index contributed by atoms with van der Waals surface area (Å²) in [4.78, 5) is 0. The Balaban J connectivity index is 2.07. The molecule has 3 unspecified atom stereocenters. The van der Waals surface area contributed by atoms with Crippen LogP contribution in [0, 0.1) is 28.6 Å². The van der Waals surface area contributed by atoms with Crippen LogP contribution in [0.2, 0.25) is 0 Å². The highest BCUT2D eigenvalue weighted by Gasteiger charge is 2.52. The van der Waals surface area contributed by atoms with Crippen molar-refractivity contribution in [1.29, 1.82) is 0 Å². The van der Waals surface area contributed by atoms with Crippen LogP contribution in [0.25, 0.3) is 0 Å². The molecule has 3 aliphatic carbocycles. The molecule has 0 heterocycles. The number of allylic oxidation sites excluding steroid dienone is 6. The molecule has 0 bridgehead atoms. The lowest BCUT2D eigenvalue weighted by Gasteiger charge is -2.55. The highest BCUT2D eigenvalue weighted by Crippen LogP contribution is 2.61. The van der Waals surface area contributed by atoms with Crippen LogP contribution in [0.5, 0.6) is 0 Å². The Labute approximate surface area is 188 Å². The first kappa shape index (κ1) is 23.9. The van der Waals surface area contributed by atoms with E-state index in [0.29, 0.717) is 16.7 Å². The number of hydrogen-bond acceptors (Lipinski definition) is 0. The Morgan fingerprint density at radius 3 is 2.50 bits per heavy atom. The van der Waals surface area contributed by atoms with Crippen molar-refractivity contribution < 1.29 is 0 Å². The molecule has 0 saturated carbocycles. The molecular formula is C30H49. The van der Waals surface area contributed by atoms with Crippen molar-refractivity contribution in [2.24, 2.45) is 22.7 Å². The Morgan fingerprint density at radius 1 is 0.967 bits per heavy atom. The summed E-state index contributed by atoms with van der Waals surface area (Å²) >= 11 is 0. The van der Waals surface area contributed by atoms with Gasteiger partial charge in [0.1, 0.15) is 0 Å². The van der Waals surface area contributed by atoms with Crippen LogP contribution in [0.1, 0.15) is 124 Å². The summed E-state index contributed by atoms with van der Waals surface area (Å²) in [5, 5.41) is 0. The van der Waals surface area contributed by atoms with Crippen molar-refractivity contribution in [3.8, 4) is 0 Å². The average Bonchev–Trinajstić information content (AvgIpc) is 2.77. The Morgan fingerprint density at radius 2 is 1.80 bits per heavy atom. The smallest absolute Gasteiger partial charge is 0.00116 e. The highest BCUT2D eigenvalue weighted by atomic mass is 14.6. The van der Waals surface area contributed by atoms with Crippen molar-refractivity contribution in [1.82, 2.24) is 0 Å². The maximum absolute atomic E-state index is 2.73. The summed E-state index contributed by atoms with van der Waals surface area (Å²) in [6, 6.07) is 0. The van der Waals surface area contributed by atoms with Crippen LogP contribution in [0.4, 0.5) is 0 Å². The van der Waals surface area contributed by atoms with Crippen LogP contribution < -0.4 is 0 Å². The maximum atomic E-state index is 2.73. The van der Waals surface area contributed by atoms with Crippen LogP contribution in [0.15, 0.2) is 36.0 Å². The van der Waals surface area contributed by atoms with E-state index in [-0.39, 0.29) is 0 Å². The monoisotopic (exact) mass is 409 g/mol. The zero-order valence-electron chi connectivity index (χ0n) is 20.6. The van der Waals surface area contributed by atoms with Gasteiger partial charge in [0.15, 0.2) is 0 Å². The third kappa shape index (κ3) is 5.16. The molecule has 3 aliphatic rings. The predicted octanol–water partition coefficient (Wildman–Crippen LogP) is 9.78. The van der Waals surface area contributed by atoms with Gasteiger partial charge in [0.05, 0.1) is 0 Å². The molecular weight excluding hydrogens is 360 g/mol.